The monoisotopic (exact) mass is 485 g/mol. The Kier molecular flexibility index (Phi) is 5.11. The van der Waals surface area contributed by atoms with Crippen LogP contribution in [-0.4, -0.2) is 52.2 Å². The first kappa shape index (κ1) is 21.9. The molecular weight excluding hydrogens is 459 g/mol. The van der Waals surface area contributed by atoms with Crippen LogP contribution in [0.3, 0.4) is 0 Å². The summed E-state index contributed by atoms with van der Waals surface area (Å²) < 4.78 is 38.7. The molecule has 6 rings (SSSR count). The van der Waals surface area contributed by atoms with E-state index >= 15 is 0 Å². The van der Waals surface area contributed by atoms with Crippen molar-refractivity contribution in [2.45, 2.75) is 38.4 Å². The zero-order valence-corrected chi connectivity index (χ0v) is 19.7. The average Bonchev–Trinajstić information content (AvgIpc) is 3.58. The Morgan fingerprint density at radius 3 is 2.82 bits per heavy atom. The van der Waals surface area contributed by atoms with Crippen LogP contribution in [0.1, 0.15) is 36.2 Å². The maximum Gasteiger partial charge on any atom is 0.393 e. The Balaban J connectivity index is 1.19. The molecule has 0 bridgehead atoms. The van der Waals surface area contributed by atoms with E-state index in [1.54, 1.807) is 6.07 Å². The molecule has 0 saturated carbocycles. The lowest BCUT2D eigenvalue weighted by Crippen LogP contribution is -2.32. The standard InChI is InChI=1S/C25H26F3N5S/c1-16(18-3-2-17-4-7-29-21(17)10-18)32-8-5-24(13-32)6-9-33(14-24)22-20-11-19(12-25(26,27)28)34-23(20)31-15-30-22/h2-4,7,10-11,15-16,29H,5-6,8-9,12-14H2,1H3/t16-,24?/m1/s1. The van der Waals surface area contributed by atoms with Gasteiger partial charge in [0, 0.05) is 47.7 Å². The zero-order chi connectivity index (χ0) is 23.5. The molecule has 3 aromatic heterocycles. The highest BCUT2D eigenvalue weighted by molar-refractivity contribution is 7.18. The van der Waals surface area contributed by atoms with Gasteiger partial charge in [0.15, 0.2) is 0 Å². The van der Waals surface area contributed by atoms with Crippen molar-refractivity contribution in [3.8, 4) is 0 Å². The van der Waals surface area contributed by atoms with Crippen LogP contribution in [0.25, 0.3) is 21.1 Å². The molecule has 0 radical (unpaired) electrons. The van der Waals surface area contributed by atoms with Gasteiger partial charge in [-0.05, 0) is 55.5 Å². The van der Waals surface area contributed by atoms with Crippen molar-refractivity contribution >= 4 is 38.3 Å². The molecule has 5 heterocycles. The van der Waals surface area contributed by atoms with E-state index in [0.29, 0.717) is 10.9 Å². The molecule has 178 valence electrons. The summed E-state index contributed by atoms with van der Waals surface area (Å²) in [5, 5.41) is 1.97. The second kappa shape index (κ2) is 7.95. The van der Waals surface area contributed by atoms with Crippen LogP contribution in [0.4, 0.5) is 19.0 Å². The van der Waals surface area contributed by atoms with Crippen molar-refractivity contribution in [2.24, 2.45) is 5.41 Å². The summed E-state index contributed by atoms with van der Waals surface area (Å²) in [5.41, 5.74) is 2.67. The highest BCUT2D eigenvalue weighted by Gasteiger charge is 2.45. The van der Waals surface area contributed by atoms with Gasteiger partial charge in [0.2, 0.25) is 0 Å². The van der Waals surface area contributed by atoms with Crippen LogP contribution in [0, 0.1) is 5.41 Å². The van der Waals surface area contributed by atoms with Gasteiger partial charge in [-0.2, -0.15) is 13.2 Å². The Bertz CT molecular complexity index is 1350. The normalized spacial score (nSPS) is 22.5. The van der Waals surface area contributed by atoms with Crippen LogP contribution in [-0.2, 0) is 6.42 Å². The molecule has 0 aliphatic carbocycles. The Labute approximate surface area is 199 Å². The Morgan fingerprint density at radius 1 is 1.12 bits per heavy atom. The lowest BCUT2D eigenvalue weighted by molar-refractivity contribution is -0.126. The average molecular weight is 486 g/mol. The molecule has 0 amide bonds. The third kappa shape index (κ3) is 3.94. The smallest absolute Gasteiger partial charge is 0.361 e. The summed E-state index contributed by atoms with van der Waals surface area (Å²) in [4.78, 5) is 17.8. The minimum absolute atomic E-state index is 0.187. The number of alkyl halides is 3. The van der Waals surface area contributed by atoms with Gasteiger partial charge in [0.05, 0.1) is 11.8 Å². The lowest BCUT2D eigenvalue weighted by atomic mass is 9.86. The first-order chi connectivity index (χ1) is 16.3. The van der Waals surface area contributed by atoms with Gasteiger partial charge < -0.3 is 9.88 Å². The van der Waals surface area contributed by atoms with Crippen LogP contribution < -0.4 is 4.90 Å². The molecule has 1 unspecified atom stereocenters. The largest absolute Gasteiger partial charge is 0.393 e. The van der Waals surface area contributed by atoms with Crippen molar-refractivity contribution in [1.82, 2.24) is 19.9 Å². The van der Waals surface area contributed by atoms with Gasteiger partial charge in [-0.3, -0.25) is 4.90 Å². The number of fused-ring (bicyclic) bond motifs is 2. The third-order valence-corrected chi connectivity index (χ3v) is 8.59. The van der Waals surface area contributed by atoms with E-state index in [0.717, 1.165) is 61.6 Å². The number of hydrogen-bond acceptors (Lipinski definition) is 5. The number of likely N-dealkylation sites (tertiary alicyclic amines) is 1. The fourth-order valence-corrected chi connectivity index (χ4v) is 6.74. The van der Waals surface area contributed by atoms with Crippen LogP contribution in [0.5, 0.6) is 0 Å². The maximum atomic E-state index is 12.9. The predicted octanol–water partition coefficient (Wildman–Crippen LogP) is 5.94. The number of aromatic nitrogens is 3. The molecule has 4 aromatic rings. The minimum atomic E-state index is -4.22. The molecule has 2 fully saturated rings. The summed E-state index contributed by atoms with van der Waals surface area (Å²) in [6.07, 6.45) is 0.504. The molecule has 2 saturated heterocycles. The van der Waals surface area contributed by atoms with Crippen molar-refractivity contribution in [3.63, 3.8) is 0 Å². The Hall–Kier alpha value is -2.65. The molecule has 5 nitrogen and oxygen atoms in total. The minimum Gasteiger partial charge on any atom is -0.361 e. The fourth-order valence-electron chi connectivity index (χ4n) is 5.72. The quantitative estimate of drug-likeness (QED) is 0.389. The Morgan fingerprint density at radius 2 is 1.97 bits per heavy atom. The SMILES string of the molecule is C[C@H](c1ccc2cc[nH]c2c1)N1CCC2(CCN(c3ncnc4sc(CC(F)(F)F)cc34)C2)C1. The summed E-state index contributed by atoms with van der Waals surface area (Å²) in [6.45, 7) is 6.09. The molecule has 2 atom stereocenters. The lowest BCUT2D eigenvalue weighted by Gasteiger charge is -2.28. The third-order valence-electron chi connectivity index (χ3n) is 7.55. The molecule has 1 aromatic carbocycles. The van der Waals surface area contributed by atoms with E-state index in [-0.39, 0.29) is 10.3 Å². The molecule has 2 aliphatic rings. The number of rotatable bonds is 4. The summed E-state index contributed by atoms with van der Waals surface area (Å²) in [6, 6.07) is 10.7. The highest BCUT2D eigenvalue weighted by Crippen LogP contribution is 2.45. The maximum absolute atomic E-state index is 12.9. The first-order valence-corrected chi connectivity index (χ1v) is 12.5. The topological polar surface area (TPSA) is 48.1 Å². The van der Waals surface area contributed by atoms with E-state index < -0.39 is 12.6 Å². The van der Waals surface area contributed by atoms with Crippen molar-refractivity contribution < 1.29 is 13.2 Å². The first-order valence-electron chi connectivity index (χ1n) is 11.6. The summed E-state index contributed by atoms with van der Waals surface area (Å²) >= 11 is 1.12. The van der Waals surface area contributed by atoms with E-state index in [9.17, 15) is 13.2 Å². The van der Waals surface area contributed by atoms with E-state index in [1.165, 1.54) is 22.8 Å². The van der Waals surface area contributed by atoms with Gasteiger partial charge in [0.1, 0.15) is 17.0 Å². The van der Waals surface area contributed by atoms with Gasteiger partial charge in [-0.1, -0.05) is 12.1 Å². The van der Waals surface area contributed by atoms with Crippen molar-refractivity contribution in [2.75, 3.05) is 31.1 Å². The zero-order valence-electron chi connectivity index (χ0n) is 18.9. The van der Waals surface area contributed by atoms with Crippen LogP contribution >= 0.6 is 11.3 Å². The highest BCUT2D eigenvalue weighted by atomic mass is 32.1. The number of hydrogen-bond donors (Lipinski definition) is 1. The molecular formula is C25H26F3N5S. The van der Waals surface area contributed by atoms with Gasteiger partial charge >= 0.3 is 6.18 Å². The number of anilines is 1. The molecule has 2 aliphatic heterocycles. The van der Waals surface area contributed by atoms with E-state index in [2.05, 4.69) is 55.9 Å². The molecule has 9 heteroatoms. The summed E-state index contributed by atoms with van der Waals surface area (Å²) in [7, 11) is 0. The molecule has 34 heavy (non-hydrogen) atoms. The van der Waals surface area contributed by atoms with E-state index in [4.69, 9.17) is 0 Å². The number of H-pyrrole nitrogens is 1. The predicted molar refractivity (Wildman–Crippen MR) is 129 cm³/mol. The van der Waals surface area contributed by atoms with E-state index in [1.807, 2.05) is 6.20 Å². The second-order valence-corrected chi connectivity index (χ2v) is 10.9. The van der Waals surface area contributed by atoms with Gasteiger partial charge in [-0.25, -0.2) is 9.97 Å². The number of halogens is 3. The van der Waals surface area contributed by atoms with Crippen LogP contribution in [0.15, 0.2) is 42.9 Å². The van der Waals surface area contributed by atoms with Crippen LogP contribution in [0.2, 0.25) is 0 Å². The van der Waals surface area contributed by atoms with Gasteiger partial charge in [0.25, 0.3) is 0 Å². The van der Waals surface area contributed by atoms with Crippen molar-refractivity contribution in [1.29, 1.82) is 0 Å². The number of nitrogens with one attached hydrogen (secondary N) is 1. The summed E-state index contributed by atoms with van der Waals surface area (Å²) in [5.74, 6) is 0.773. The van der Waals surface area contributed by atoms with Gasteiger partial charge in [-0.15, -0.1) is 11.3 Å². The number of aromatic amines is 1. The number of benzene rings is 1. The fraction of sp³-hybridized carbons (Fsp3) is 0.440. The molecule has 1 N–H and O–H groups in total. The van der Waals surface area contributed by atoms with Crippen molar-refractivity contribution in [3.05, 3.63) is 53.3 Å². The number of thiophene rings is 1. The molecule has 1 spiro atoms. The second-order valence-electron chi connectivity index (χ2n) is 9.81. The number of nitrogens with zero attached hydrogens (tertiary/aromatic N) is 4.